The molecule has 98 valence electrons. The summed E-state index contributed by atoms with van der Waals surface area (Å²) >= 11 is 0. The van der Waals surface area contributed by atoms with Crippen molar-refractivity contribution in [1.29, 1.82) is 0 Å². The topological polar surface area (TPSA) is 77.0 Å². The van der Waals surface area contributed by atoms with Gasteiger partial charge < -0.3 is 0 Å². The third-order valence-corrected chi connectivity index (χ3v) is 2.65. The highest BCUT2D eigenvalue weighted by Crippen LogP contribution is 2.10. The molecule has 1 aromatic heterocycles. The summed E-state index contributed by atoms with van der Waals surface area (Å²) in [6, 6.07) is 7.52. The molecular weight excluding hydrogens is 242 g/mol. The Balaban J connectivity index is 2.43. The quantitative estimate of drug-likeness (QED) is 0.498. The van der Waals surface area contributed by atoms with Crippen molar-refractivity contribution in [1.82, 2.24) is 14.5 Å². The van der Waals surface area contributed by atoms with E-state index >= 15 is 0 Å². The van der Waals surface area contributed by atoms with E-state index in [2.05, 4.69) is 16.5 Å². The number of hydrogen-bond donors (Lipinski definition) is 1. The number of benzene rings is 1. The van der Waals surface area contributed by atoms with E-state index < -0.39 is 5.69 Å². The van der Waals surface area contributed by atoms with Crippen LogP contribution in [0, 0.1) is 6.92 Å². The molecule has 2 aromatic rings. The molecule has 0 radical (unpaired) electrons. The van der Waals surface area contributed by atoms with Gasteiger partial charge in [0, 0.05) is 0 Å². The molecule has 2 N–H and O–H groups in total. The van der Waals surface area contributed by atoms with E-state index in [1.807, 2.05) is 31.2 Å². The van der Waals surface area contributed by atoms with Crippen molar-refractivity contribution in [2.45, 2.75) is 6.92 Å². The van der Waals surface area contributed by atoms with Gasteiger partial charge in [0.25, 0.3) is 0 Å². The maximum Gasteiger partial charge on any atom is 0.356 e. The van der Waals surface area contributed by atoms with Crippen LogP contribution < -0.4 is 16.5 Å². The first-order valence-electron chi connectivity index (χ1n) is 5.78. The molecular formula is C13H15N5O. The fourth-order valence-electron chi connectivity index (χ4n) is 1.69. The van der Waals surface area contributed by atoms with Gasteiger partial charge in [-0.1, -0.05) is 24.3 Å². The molecule has 0 amide bonds. The standard InChI is InChI=1S/C13H15N5O/c1-3-8-18(14)12-15-9-17(13(19)16-12)11-7-5-4-6-10(11)2/h3-7,9H,1,8,14H2,2H3. The number of hydrogen-bond acceptors (Lipinski definition) is 5. The minimum atomic E-state index is -0.418. The fourth-order valence-corrected chi connectivity index (χ4v) is 1.69. The first-order valence-corrected chi connectivity index (χ1v) is 5.78. The Kier molecular flexibility index (Phi) is 3.72. The van der Waals surface area contributed by atoms with Gasteiger partial charge in [0.1, 0.15) is 6.33 Å². The van der Waals surface area contributed by atoms with Gasteiger partial charge in [0.05, 0.1) is 12.2 Å². The minimum absolute atomic E-state index is 0.176. The molecule has 0 aliphatic heterocycles. The summed E-state index contributed by atoms with van der Waals surface area (Å²) in [5.74, 6) is 5.86. The maximum absolute atomic E-state index is 12.0. The molecule has 0 bridgehead atoms. The first kappa shape index (κ1) is 13.0. The number of rotatable bonds is 4. The van der Waals surface area contributed by atoms with Crippen LogP contribution in [0.2, 0.25) is 0 Å². The van der Waals surface area contributed by atoms with E-state index in [1.54, 1.807) is 6.08 Å². The molecule has 0 saturated carbocycles. The van der Waals surface area contributed by atoms with Crippen LogP contribution in [0.5, 0.6) is 0 Å². The lowest BCUT2D eigenvalue weighted by Crippen LogP contribution is -2.35. The summed E-state index contributed by atoms with van der Waals surface area (Å²) in [6.07, 6.45) is 3.03. The molecule has 19 heavy (non-hydrogen) atoms. The van der Waals surface area contributed by atoms with E-state index in [9.17, 15) is 4.79 Å². The van der Waals surface area contributed by atoms with Crippen LogP contribution in [0.15, 0.2) is 48.0 Å². The molecule has 6 heteroatoms. The number of hydrazine groups is 1. The highest BCUT2D eigenvalue weighted by molar-refractivity contribution is 5.40. The molecule has 0 aliphatic carbocycles. The number of nitrogens with zero attached hydrogens (tertiary/aromatic N) is 4. The lowest BCUT2D eigenvalue weighted by Gasteiger charge is -2.14. The van der Waals surface area contributed by atoms with Crippen molar-refractivity contribution in [3.63, 3.8) is 0 Å². The van der Waals surface area contributed by atoms with Crippen molar-refractivity contribution in [2.75, 3.05) is 11.6 Å². The Hall–Kier alpha value is -2.47. The molecule has 2 rings (SSSR count). The molecule has 1 heterocycles. The Morgan fingerprint density at radius 3 is 2.84 bits per heavy atom. The van der Waals surface area contributed by atoms with Gasteiger partial charge in [-0.2, -0.15) is 4.98 Å². The molecule has 0 atom stereocenters. The summed E-state index contributed by atoms with van der Waals surface area (Å²) in [5.41, 5.74) is 1.31. The summed E-state index contributed by atoms with van der Waals surface area (Å²) < 4.78 is 1.39. The van der Waals surface area contributed by atoms with Crippen molar-refractivity contribution in [3.05, 3.63) is 59.3 Å². The average molecular weight is 257 g/mol. The van der Waals surface area contributed by atoms with Crippen LogP contribution in [0.4, 0.5) is 5.95 Å². The monoisotopic (exact) mass is 257 g/mol. The molecule has 1 aromatic carbocycles. The zero-order chi connectivity index (χ0) is 13.8. The zero-order valence-electron chi connectivity index (χ0n) is 10.7. The second kappa shape index (κ2) is 5.45. The second-order valence-electron chi connectivity index (χ2n) is 4.04. The van der Waals surface area contributed by atoms with Crippen LogP contribution in [0.25, 0.3) is 5.69 Å². The summed E-state index contributed by atoms with van der Waals surface area (Å²) in [4.78, 5) is 19.9. The molecule has 0 fully saturated rings. The van der Waals surface area contributed by atoms with Gasteiger partial charge in [0.15, 0.2) is 0 Å². The summed E-state index contributed by atoms with van der Waals surface area (Å²) in [5, 5.41) is 1.26. The van der Waals surface area contributed by atoms with Crippen molar-refractivity contribution < 1.29 is 0 Å². The lowest BCUT2D eigenvalue weighted by atomic mass is 10.2. The van der Waals surface area contributed by atoms with E-state index in [4.69, 9.17) is 5.84 Å². The van der Waals surface area contributed by atoms with Gasteiger partial charge in [0.2, 0.25) is 5.95 Å². The average Bonchev–Trinajstić information content (AvgIpc) is 2.40. The summed E-state index contributed by atoms with van der Waals surface area (Å²) in [7, 11) is 0. The Bertz CT molecular complexity index is 649. The Morgan fingerprint density at radius 2 is 2.21 bits per heavy atom. The number of anilines is 1. The normalized spacial score (nSPS) is 10.2. The van der Waals surface area contributed by atoms with E-state index in [0.717, 1.165) is 11.3 Å². The Morgan fingerprint density at radius 1 is 1.47 bits per heavy atom. The molecule has 0 unspecified atom stereocenters. The van der Waals surface area contributed by atoms with Crippen LogP contribution >= 0.6 is 0 Å². The van der Waals surface area contributed by atoms with E-state index in [0.29, 0.717) is 6.54 Å². The molecule has 0 aliphatic rings. The SMILES string of the molecule is C=CCN(N)c1ncn(-c2ccccc2C)c(=O)n1. The first-order chi connectivity index (χ1) is 9.13. The van der Waals surface area contributed by atoms with E-state index in [1.165, 1.54) is 15.9 Å². The second-order valence-corrected chi connectivity index (χ2v) is 4.04. The highest BCUT2D eigenvalue weighted by Gasteiger charge is 2.08. The van der Waals surface area contributed by atoms with Crippen molar-refractivity contribution in [3.8, 4) is 5.69 Å². The van der Waals surface area contributed by atoms with Gasteiger partial charge in [-0.3, -0.25) is 9.58 Å². The number of nitrogens with two attached hydrogens (primary N) is 1. The zero-order valence-corrected chi connectivity index (χ0v) is 10.7. The predicted octanol–water partition coefficient (Wildman–Crippen LogP) is 0.802. The summed E-state index contributed by atoms with van der Waals surface area (Å²) in [6.45, 7) is 5.85. The maximum atomic E-state index is 12.0. The van der Waals surface area contributed by atoms with Gasteiger partial charge >= 0.3 is 5.69 Å². The highest BCUT2D eigenvalue weighted by atomic mass is 16.1. The van der Waals surface area contributed by atoms with Gasteiger partial charge in [-0.15, -0.1) is 6.58 Å². The lowest BCUT2D eigenvalue weighted by molar-refractivity contribution is 0.797. The molecule has 0 spiro atoms. The molecule has 0 saturated heterocycles. The van der Waals surface area contributed by atoms with Crippen LogP contribution in [0.1, 0.15) is 5.56 Å². The Labute approximate surface area is 110 Å². The predicted molar refractivity (Wildman–Crippen MR) is 74.1 cm³/mol. The third-order valence-electron chi connectivity index (χ3n) is 2.65. The molecule has 6 nitrogen and oxygen atoms in total. The van der Waals surface area contributed by atoms with Crippen molar-refractivity contribution in [2.24, 2.45) is 5.84 Å². The number of aromatic nitrogens is 3. The van der Waals surface area contributed by atoms with Crippen LogP contribution in [-0.4, -0.2) is 21.1 Å². The van der Waals surface area contributed by atoms with Gasteiger partial charge in [-0.25, -0.2) is 15.6 Å². The van der Waals surface area contributed by atoms with Crippen LogP contribution in [-0.2, 0) is 0 Å². The number of aryl methyl sites for hydroxylation is 1. The largest absolute Gasteiger partial charge is 0.356 e. The van der Waals surface area contributed by atoms with Gasteiger partial charge in [-0.05, 0) is 18.6 Å². The number of para-hydroxylation sites is 1. The smallest absolute Gasteiger partial charge is 0.275 e. The third kappa shape index (κ3) is 2.69. The minimum Gasteiger partial charge on any atom is -0.275 e. The van der Waals surface area contributed by atoms with E-state index in [-0.39, 0.29) is 5.95 Å². The fraction of sp³-hybridized carbons (Fsp3) is 0.154. The van der Waals surface area contributed by atoms with Crippen LogP contribution in [0.3, 0.4) is 0 Å². The van der Waals surface area contributed by atoms with Crippen molar-refractivity contribution >= 4 is 5.95 Å².